The summed E-state index contributed by atoms with van der Waals surface area (Å²) in [5.41, 5.74) is 7.79. The van der Waals surface area contributed by atoms with Crippen molar-refractivity contribution >= 4 is 0 Å². The van der Waals surface area contributed by atoms with Crippen molar-refractivity contribution in [1.29, 1.82) is 0 Å². The van der Waals surface area contributed by atoms with Gasteiger partial charge in [0.15, 0.2) is 0 Å². The lowest BCUT2D eigenvalue weighted by molar-refractivity contribution is 0.154. The Kier molecular flexibility index (Phi) is 2.56. The summed E-state index contributed by atoms with van der Waals surface area (Å²) in [5.74, 6) is 0.369. The maximum atomic E-state index is 13.2. The zero-order chi connectivity index (χ0) is 12.7. The summed E-state index contributed by atoms with van der Waals surface area (Å²) in [5, 5.41) is 0. The molecule has 94 valence electrons. The molecule has 0 saturated heterocycles. The molecule has 1 aromatic carbocycles. The second-order valence-electron chi connectivity index (χ2n) is 4.56. The summed E-state index contributed by atoms with van der Waals surface area (Å²) in [6.07, 6.45) is 3.98. The van der Waals surface area contributed by atoms with Crippen LogP contribution in [0, 0.1) is 5.82 Å². The quantitative estimate of drug-likeness (QED) is 0.839. The van der Waals surface area contributed by atoms with Crippen molar-refractivity contribution in [1.82, 2.24) is 9.55 Å². The molecule has 2 N–H and O–H groups in total. The Balaban J connectivity index is 1.97. The van der Waals surface area contributed by atoms with Gasteiger partial charge in [-0.15, -0.1) is 0 Å². The van der Waals surface area contributed by atoms with Gasteiger partial charge in [0, 0.05) is 25.1 Å². The van der Waals surface area contributed by atoms with Gasteiger partial charge in [0.05, 0.1) is 18.2 Å². The minimum Gasteiger partial charge on any atom is -0.484 e. The van der Waals surface area contributed by atoms with Gasteiger partial charge in [0.2, 0.25) is 0 Å². The molecule has 0 aliphatic carbocycles. The molecule has 1 aliphatic heterocycles. The van der Waals surface area contributed by atoms with Gasteiger partial charge >= 0.3 is 0 Å². The highest BCUT2D eigenvalue weighted by Gasteiger charge is 2.28. The number of imidazole rings is 1. The van der Waals surface area contributed by atoms with Gasteiger partial charge in [-0.25, -0.2) is 9.37 Å². The van der Waals surface area contributed by atoms with E-state index in [-0.39, 0.29) is 18.0 Å². The van der Waals surface area contributed by atoms with Crippen LogP contribution in [0.1, 0.15) is 29.8 Å². The number of aromatic nitrogens is 2. The summed E-state index contributed by atoms with van der Waals surface area (Å²) in [7, 11) is 1.91. The Hall–Kier alpha value is -1.88. The summed E-state index contributed by atoms with van der Waals surface area (Å²) in [4.78, 5) is 4.07. The van der Waals surface area contributed by atoms with Gasteiger partial charge in [-0.3, -0.25) is 0 Å². The predicted molar refractivity (Wildman–Crippen MR) is 64.5 cm³/mol. The Labute approximate surface area is 104 Å². The van der Waals surface area contributed by atoms with E-state index in [1.54, 1.807) is 18.6 Å². The molecule has 2 aromatic rings. The zero-order valence-electron chi connectivity index (χ0n) is 10.0. The lowest BCUT2D eigenvalue weighted by atomic mass is 9.96. The van der Waals surface area contributed by atoms with Crippen LogP contribution in [0.2, 0.25) is 0 Å². The summed E-state index contributed by atoms with van der Waals surface area (Å²) in [6.45, 7) is 0. The Morgan fingerprint density at radius 2 is 2.33 bits per heavy atom. The summed E-state index contributed by atoms with van der Waals surface area (Å²) < 4.78 is 21.0. The van der Waals surface area contributed by atoms with E-state index in [1.807, 2.05) is 11.6 Å². The van der Waals surface area contributed by atoms with Crippen molar-refractivity contribution in [3.8, 4) is 5.75 Å². The number of hydrogen-bond donors (Lipinski definition) is 1. The Morgan fingerprint density at radius 1 is 1.50 bits per heavy atom. The van der Waals surface area contributed by atoms with Crippen LogP contribution in [0.5, 0.6) is 5.75 Å². The smallest absolute Gasteiger partial charge is 0.142 e. The van der Waals surface area contributed by atoms with Gasteiger partial charge in [-0.2, -0.15) is 0 Å². The third-order valence-corrected chi connectivity index (χ3v) is 3.29. The molecule has 18 heavy (non-hydrogen) atoms. The highest BCUT2D eigenvalue weighted by atomic mass is 19.1. The molecule has 4 nitrogen and oxygen atoms in total. The zero-order valence-corrected chi connectivity index (χ0v) is 10.0. The number of fused-ring (bicyclic) bond motifs is 1. The number of aryl methyl sites for hydroxylation is 1. The van der Waals surface area contributed by atoms with Crippen molar-refractivity contribution in [2.24, 2.45) is 12.8 Å². The third-order valence-electron chi connectivity index (χ3n) is 3.29. The summed E-state index contributed by atoms with van der Waals surface area (Å²) in [6, 6.07) is 4.24. The normalized spacial score (nSPS) is 22.4. The average molecular weight is 247 g/mol. The van der Waals surface area contributed by atoms with Gasteiger partial charge in [-0.1, -0.05) is 0 Å². The molecular formula is C13H14FN3O. The monoisotopic (exact) mass is 247 g/mol. The summed E-state index contributed by atoms with van der Waals surface area (Å²) >= 11 is 0. The fourth-order valence-electron chi connectivity index (χ4n) is 2.33. The molecule has 1 aromatic heterocycles. The Morgan fingerprint density at radius 3 is 3.06 bits per heavy atom. The van der Waals surface area contributed by atoms with E-state index in [0.29, 0.717) is 12.2 Å². The van der Waals surface area contributed by atoms with Crippen LogP contribution in [0.25, 0.3) is 0 Å². The third kappa shape index (κ3) is 1.76. The number of nitrogens with two attached hydrogens (primary N) is 1. The van der Waals surface area contributed by atoms with Gasteiger partial charge in [0.1, 0.15) is 17.7 Å². The molecule has 0 saturated carbocycles. The lowest BCUT2D eigenvalue weighted by Crippen LogP contribution is -2.25. The molecule has 1 aliphatic rings. The molecule has 0 radical (unpaired) electrons. The molecular weight excluding hydrogens is 233 g/mol. The second-order valence-corrected chi connectivity index (χ2v) is 4.56. The van der Waals surface area contributed by atoms with Crippen molar-refractivity contribution in [2.45, 2.75) is 18.6 Å². The van der Waals surface area contributed by atoms with Gasteiger partial charge in [-0.05, 0) is 18.2 Å². The Bertz CT molecular complexity index is 581. The van der Waals surface area contributed by atoms with E-state index in [4.69, 9.17) is 10.5 Å². The van der Waals surface area contributed by atoms with Crippen LogP contribution in [-0.2, 0) is 7.05 Å². The standard InChI is InChI=1S/C13H14FN3O/c1-17-7-16-6-11(17)13-5-10(15)9-4-8(14)2-3-12(9)18-13/h2-4,6-7,10,13H,5,15H2,1H3. The first-order chi connectivity index (χ1) is 8.65. The molecule has 0 bridgehead atoms. The number of nitrogens with zero attached hydrogens (tertiary/aromatic N) is 2. The highest BCUT2D eigenvalue weighted by molar-refractivity contribution is 5.39. The second kappa shape index (κ2) is 4.10. The maximum Gasteiger partial charge on any atom is 0.142 e. The predicted octanol–water partition coefficient (Wildman–Crippen LogP) is 2.08. The van der Waals surface area contributed by atoms with E-state index in [9.17, 15) is 4.39 Å². The van der Waals surface area contributed by atoms with Crippen molar-refractivity contribution in [2.75, 3.05) is 0 Å². The SMILES string of the molecule is Cn1cncc1C1CC(N)c2cc(F)ccc2O1. The fourth-order valence-corrected chi connectivity index (χ4v) is 2.33. The van der Waals surface area contributed by atoms with E-state index in [1.165, 1.54) is 12.1 Å². The average Bonchev–Trinajstić information content (AvgIpc) is 2.76. The fraction of sp³-hybridized carbons (Fsp3) is 0.308. The maximum absolute atomic E-state index is 13.2. The molecule has 5 heteroatoms. The molecule has 0 spiro atoms. The largest absolute Gasteiger partial charge is 0.484 e. The van der Waals surface area contributed by atoms with Crippen LogP contribution in [0.3, 0.4) is 0 Å². The van der Waals surface area contributed by atoms with Crippen molar-refractivity contribution < 1.29 is 9.13 Å². The van der Waals surface area contributed by atoms with Gasteiger partial charge in [0.25, 0.3) is 0 Å². The van der Waals surface area contributed by atoms with Crippen LogP contribution in [0.4, 0.5) is 4.39 Å². The first kappa shape index (κ1) is 11.2. The van der Waals surface area contributed by atoms with Crippen molar-refractivity contribution in [3.05, 3.63) is 47.8 Å². The first-order valence-electron chi connectivity index (χ1n) is 5.83. The number of halogens is 1. The number of hydrogen-bond acceptors (Lipinski definition) is 3. The minimum absolute atomic E-state index is 0.134. The van der Waals surface area contributed by atoms with Crippen molar-refractivity contribution in [3.63, 3.8) is 0 Å². The molecule has 2 unspecified atom stereocenters. The van der Waals surface area contributed by atoms with E-state index in [0.717, 1.165) is 11.3 Å². The molecule has 0 fully saturated rings. The lowest BCUT2D eigenvalue weighted by Gasteiger charge is -2.30. The molecule has 2 atom stereocenters. The number of benzene rings is 1. The molecule has 0 amide bonds. The minimum atomic E-state index is -0.285. The van der Waals surface area contributed by atoms with E-state index < -0.39 is 0 Å². The first-order valence-corrected chi connectivity index (χ1v) is 5.83. The van der Waals surface area contributed by atoms with Crippen LogP contribution in [-0.4, -0.2) is 9.55 Å². The van der Waals surface area contributed by atoms with Crippen LogP contribution >= 0.6 is 0 Å². The molecule has 2 heterocycles. The van der Waals surface area contributed by atoms with Crippen LogP contribution in [0.15, 0.2) is 30.7 Å². The van der Waals surface area contributed by atoms with E-state index in [2.05, 4.69) is 4.98 Å². The van der Waals surface area contributed by atoms with Gasteiger partial charge < -0.3 is 15.0 Å². The number of rotatable bonds is 1. The topological polar surface area (TPSA) is 53.1 Å². The van der Waals surface area contributed by atoms with E-state index >= 15 is 0 Å². The number of ether oxygens (including phenoxy) is 1. The molecule has 3 rings (SSSR count). The van der Waals surface area contributed by atoms with Crippen LogP contribution < -0.4 is 10.5 Å². The highest BCUT2D eigenvalue weighted by Crippen LogP contribution is 2.39.